The molecule has 154 valence electrons. The molecule has 1 aromatic rings. The number of rotatable bonds is 5. The molecule has 1 atom stereocenters. The van der Waals surface area contributed by atoms with Crippen molar-refractivity contribution in [3.8, 4) is 0 Å². The number of nitrogens with zero attached hydrogens (tertiary/aromatic N) is 1. The van der Waals surface area contributed by atoms with Crippen molar-refractivity contribution in [2.24, 2.45) is 17.8 Å². The van der Waals surface area contributed by atoms with Crippen molar-refractivity contribution < 1.29 is 13.2 Å². The molecular formula is C22H32N2O3S. The summed E-state index contributed by atoms with van der Waals surface area (Å²) in [5.41, 5.74) is 2.30. The number of aryl methyl sites for hydroxylation is 2. The van der Waals surface area contributed by atoms with Crippen molar-refractivity contribution in [1.29, 1.82) is 0 Å². The molecule has 0 radical (unpaired) electrons. The quantitative estimate of drug-likeness (QED) is 0.816. The summed E-state index contributed by atoms with van der Waals surface area (Å²) in [6, 6.07) is 4.94. The molecule has 1 N–H and O–H groups in total. The fourth-order valence-electron chi connectivity index (χ4n) is 6.37. The van der Waals surface area contributed by atoms with Crippen molar-refractivity contribution in [3.63, 3.8) is 0 Å². The average molecular weight is 405 g/mol. The number of anilines is 1. The van der Waals surface area contributed by atoms with E-state index in [0.29, 0.717) is 5.69 Å². The largest absolute Gasteiger partial charge is 0.349 e. The van der Waals surface area contributed by atoms with Crippen LogP contribution in [0.3, 0.4) is 0 Å². The second-order valence-corrected chi connectivity index (χ2v) is 11.6. The Morgan fingerprint density at radius 2 is 1.64 bits per heavy atom. The topological polar surface area (TPSA) is 66.5 Å². The molecule has 5 rings (SSSR count). The van der Waals surface area contributed by atoms with Gasteiger partial charge in [-0.05, 0) is 94.2 Å². The molecule has 28 heavy (non-hydrogen) atoms. The predicted octanol–water partition coefficient (Wildman–Crippen LogP) is 3.54. The Bertz CT molecular complexity index is 858. The molecule has 6 heteroatoms. The second kappa shape index (κ2) is 6.75. The zero-order chi connectivity index (χ0) is 20.3. The number of carbonyl (C=O) groups excluding carboxylic acids is 1. The minimum Gasteiger partial charge on any atom is -0.349 e. The number of hydrogen-bond acceptors (Lipinski definition) is 3. The summed E-state index contributed by atoms with van der Waals surface area (Å²) < 4.78 is 26.6. The van der Waals surface area contributed by atoms with Crippen LogP contribution in [-0.2, 0) is 14.8 Å². The molecule has 1 amide bonds. The van der Waals surface area contributed by atoms with Gasteiger partial charge in [-0.2, -0.15) is 0 Å². The van der Waals surface area contributed by atoms with Gasteiger partial charge in [0.05, 0.1) is 11.9 Å². The predicted molar refractivity (Wildman–Crippen MR) is 112 cm³/mol. The minimum atomic E-state index is -3.60. The van der Waals surface area contributed by atoms with Crippen molar-refractivity contribution >= 4 is 21.6 Å². The van der Waals surface area contributed by atoms with Crippen LogP contribution in [0, 0.1) is 31.6 Å². The molecule has 0 unspecified atom stereocenters. The van der Waals surface area contributed by atoms with Gasteiger partial charge in [0.1, 0.15) is 6.04 Å². The summed E-state index contributed by atoms with van der Waals surface area (Å²) in [4.78, 5) is 13.3. The number of hydrogen-bond donors (Lipinski definition) is 1. The first-order chi connectivity index (χ1) is 13.1. The third kappa shape index (κ3) is 3.56. The Morgan fingerprint density at radius 3 is 2.14 bits per heavy atom. The molecule has 5 nitrogen and oxygen atoms in total. The molecule has 0 aromatic heterocycles. The lowest BCUT2D eigenvalue weighted by Gasteiger charge is -2.57. The van der Waals surface area contributed by atoms with Gasteiger partial charge in [0.15, 0.2) is 0 Å². The van der Waals surface area contributed by atoms with Gasteiger partial charge in [0.25, 0.3) is 0 Å². The molecule has 4 saturated carbocycles. The number of benzene rings is 1. The van der Waals surface area contributed by atoms with Crippen molar-refractivity contribution in [3.05, 3.63) is 29.3 Å². The molecule has 0 saturated heterocycles. The van der Waals surface area contributed by atoms with E-state index in [-0.39, 0.29) is 11.4 Å². The fourth-order valence-corrected chi connectivity index (χ4v) is 7.59. The summed E-state index contributed by atoms with van der Waals surface area (Å²) in [6.07, 6.45) is 8.27. The maximum absolute atomic E-state index is 13.3. The summed E-state index contributed by atoms with van der Waals surface area (Å²) in [7, 11) is -3.60. The maximum atomic E-state index is 13.3. The summed E-state index contributed by atoms with van der Waals surface area (Å²) in [5, 5.41) is 3.34. The van der Waals surface area contributed by atoms with E-state index < -0.39 is 16.1 Å². The zero-order valence-corrected chi connectivity index (χ0v) is 18.2. The summed E-state index contributed by atoms with van der Waals surface area (Å²) >= 11 is 0. The van der Waals surface area contributed by atoms with E-state index in [1.54, 1.807) is 6.92 Å². The highest BCUT2D eigenvalue weighted by Gasteiger charge is 2.52. The van der Waals surface area contributed by atoms with Crippen LogP contribution in [0.5, 0.6) is 0 Å². The summed E-state index contributed by atoms with van der Waals surface area (Å²) in [5.74, 6) is 2.01. The fraction of sp³-hybridized carbons (Fsp3) is 0.682. The first-order valence-corrected chi connectivity index (χ1v) is 12.3. The van der Waals surface area contributed by atoms with Gasteiger partial charge in [-0.25, -0.2) is 8.42 Å². The van der Waals surface area contributed by atoms with Crippen LogP contribution in [0.4, 0.5) is 5.69 Å². The number of sulfonamides is 1. The van der Waals surface area contributed by atoms with Gasteiger partial charge in [-0.1, -0.05) is 12.1 Å². The second-order valence-electron chi connectivity index (χ2n) is 9.71. The number of carbonyl (C=O) groups is 1. The highest BCUT2D eigenvalue weighted by atomic mass is 32.2. The Labute approximate surface area is 168 Å². The monoisotopic (exact) mass is 404 g/mol. The van der Waals surface area contributed by atoms with Crippen LogP contribution >= 0.6 is 0 Å². The van der Waals surface area contributed by atoms with E-state index in [1.807, 2.05) is 32.0 Å². The van der Waals surface area contributed by atoms with Crippen LogP contribution in [0.15, 0.2) is 18.2 Å². The van der Waals surface area contributed by atoms with Gasteiger partial charge in [0.2, 0.25) is 15.9 Å². The maximum Gasteiger partial charge on any atom is 0.244 e. The highest BCUT2D eigenvalue weighted by Crippen LogP contribution is 2.55. The first kappa shape index (κ1) is 19.7. The van der Waals surface area contributed by atoms with Gasteiger partial charge < -0.3 is 5.32 Å². The van der Waals surface area contributed by atoms with E-state index in [9.17, 15) is 13.2 Å². The third-order valence-electron chi connectivity index (χ3n) is 7.12. The number of amides is 1. The smallest absolute Gasteiger partial charge is 0.244 e. The van der Waals surface area contributed by atoms with Crippen LogP contribution in [-0.4, -0.2) is 32.2 Å². The molecule has 0 aliphatic heterocycles. The molecule has 4 bridgehead atoms. The van der Waals surface area contributed by atoms with Crippen molar-refractivity contribution in [2.75, 3.05) is 10.6 Å². The Balaban J connectivity index is 1.60. The van der Waals surface area contributed by atoms with Crippen molar-refractivity contribution in [2.45, 2.75) is 70.9 Å². The average Bonchev–Trinajstić information content (AvgIpc) is 2.55. The molecule has 4 aliphatic rings. The lowest BCUT2D eigenvalue weighted by atomic mass is 9.53. The van der Waals surface area contributed by atoms with Gasteiger partial charge in [-0.15, -0.1) is 0 Å². The Kier molecular flexibility index (Phi) is 4.76. The van der Waals surface area contributed by atoms with E-state index in [2.05, 4.69) is 5.32 Å². The molecule has 0 spiro atoms. The van der Waals surface area contributed by atoms with E-state index in [0.717, 1.165) is 48.1 Å². The van der Waals surface area contributed by atoms with Gasteiger partial charge in [-0.3, -0.25) is 9.10 Å². The SMILES string of the molecule is Cc1ccc(C)c(N([C@H](C)C(=O)NC23CC4CC(CC(C4)C2)C3)S(C)(=O)=O)c1. The van der Waals surface area contributed by atoms with Crippen LogP contribution < -0.4 is 9.62 Å². The van der Waals surface area contributed by atoms with Crippen LogP contribution in [0.1, 0.15) is 56.6 Å². The van der Waals surface area contributed by atoms with E-state index in [1.165, 1.54) is 29.8 Å². The minimum absolute atomic E-state index is 0.120. The first-order valence-electron chi connectivity index (χ1n) is 10.4. The van der Waals surface area contributed by atoms with E-state index in [4.69, 9.17) is 0 Å². The number of nitrogens with one attached hydrogen (secondary N) is 1. The Morgan fingerprint density at radius 1 is 1.11 bits per heavy atom. The van der Waals surface area contributed by atoms with Gasteiger partial charge >= 0.3 is 0 Å². The normalized spacial score (nSPS) is 32.2. The molecule has 0 heterocycles. The lowest BCUT2D eigenvalue weighted by molar-refractivity contribution is -0.127. The summed E-state index contributed by atoms with van der Waals surface area (Å²) in [6.45, 7) is 5.53. The van der Waals surface area contributed by atoms with Crippen LogP contribution in [0.25, 0.3) is 0 Å². The molecular weight excluding hydrogens is 372 g/mol. The highest BCUT2D eigenvalue weighted by molar-refractivity contribution is 7.92. The molecule has 4 fully saturated rings. The van der Waals surface area contributed by atoms with Crippen molar-refractivity contribution in [1.82, 2.24) is 5.32 Å². The zero-order valence-electron chi connectivity index (χ0n) is 17.4. The van der Waals surface area contributed by atoms with E-state index >= 15 is 0 Å². The molecule has 4 aliphatic carbocycles. The molecule has 1 aromatic carbocycles. The third-order valence-corrected chi connectivity index (χ3v) is 8.34. The van der Waals surface area contributed by atoms with Gasteiger partial charge in [0, 0.05) is 5.54 Å². The Hall–Kier alpha value is -1.56. The van der Waals surface area contributed by atoms with Crippen LogP contribution in [0.2, 0.25) is 0 Å². The lowest BCUT2D eigenvalue weighted by Crippen LogP contribution is -2.62. The standard InChI is InChI=1S/C22H32N2O3S/c1-14-5-6-15(2)20(7-14)24(28(4,26)27)16(3)21(25)23-22-11-17-8-18(12-22)10-19(9-17)13-22/h5-7,16-19H,8-13H2,1-4H3,(H,23,25)/t16-,17?,18?,19?,22?/m1/s1.